The molecule has 2 atom stereocenters. The zero-order chi connectivity index (χ0) is 15.0. The van der Waals surface area contributed by atoms with E-state index in [4.69, 9.17) is 0 Å². The monoisotopic (exact) mass is 286 g/mol. The number of carbonyl (C=O) groups excluding carboxylic acids is 1. The maximum absolute atomic E-state index is 12.1. The topological polar surface area (TPSA) is 41.1 Å². The highest BCUT2D eigenvalue weighted by molar-refractivity contribution is 5.96. The largest absolute Gasteiger partial charge is 0.352 e. The number of amides is 1. The first-order chi connectivity index (χ1) is 10.0. The van der Waals surface area contributed by atoms with Crippen LogP contribution in [0.2, 0.25) is 0 Å². The molecule has 0 spiro atoms. The van der Waals surface area contributed by atoms with Crippen molar-refractivity contribution in [2.24, 2.45) is 11.3 Å². The Kier molecular flexibility index (Phi) is 3.78. The molecular weight excluding hydrogens is 260 g/mol. The Balaban J connectivity index is 1.95. The van der Waals surface area contributed by atoms with Crippen molar-refractivity contribution < 1.29 is 4.79 Å². The molecule has 1 aliphatic carbocycles. The summed E-state index contributed by atoms with van der Waals surface area (Å²) in [7, 11) is 2.04. The van der Waals surface area contributed by atoms with Crippen LogP contribution in [0.5, 0.6) is 0 Å². The molecule has 1 heterocycles. The Morgan fingerprint density at radius 2 is 2.19 bits per heavy atom. The smallest absolute Gasteiger partial charge is 0.251 e. The third-order valence-electron chi connectivity index (χ3n) is 5.47. The summed E-state index contributed by atoms with van der Waals surface area (Å²) < 4.78 is 0. The van der Waals surface area contributed by atoms with Gasteiger partial charge in [0.05, 0.1) is 0 Å². The van der Waals surface area contributed by atoms with E-state index in [2.05, 4.69) is 42.7 Å². The normalized spacial score (nSPS) is 25.3. The van der Waals surface area contributed by atoms with E-state index in [1.165, 1.54) is 30.4 Å². The van der Waals surface area contributed by atoms with Crippen molar-refractivity contribution in [1.29, 1.82) is 0 Å². The minimum Gasteiger partial charge on any atom is -0.352 e. The number of hydrogen-bond donors (Lipinski definition) is 2. The van der Waals surface area contributed by atoms with Crippen LogP contribution in [-0.4, -0.2) is 19.5 Å². The van der Waals surface area contributed by atoms with Crippen LogP contribution >= 0.6 is 0 Å². The summed E-state index contributed by atoms with van der Waals surface area (Å²) in [5, 5.41) is 6.45. The van der Waals surface area contributed by atoms with Crippen LogP contribution in [-0.2, 0) is 6.42 Å². The lowest BCUT2D eigenvalue weighted by Gasteiger charge is -2.35. The first-order valence-electron chi connectivity index (χ1n) is 8.11. The molecule has 1 aliphatic heterocycles. The van der Waals surface area contributed by atoms with Gasteiger partial charge in [0.1, 0.15) is 0 Å². The van der Waals surface area contributed by atoms with E-state index in [1.807, 2.05) is 7.05 Å². The van der Waals surface area contributed by atoms with E-state index in [9.17, 15) is 4.79 Å². The van der Waals surface area contributed by atoms with Crippen molar-refractivity contribution in [3.05, 3.63) is 34.9 Å². The van der Waals surface area contributed by atoms with Gasteiger partial charge >= 0.3 is 0 Å². The van der Waals surface area contributed by atoms with Crippen LogP contribution in [0.4, 0.5) is 0 Å². The Bertz CT molecular complexity index is 550. The minimum atomic E-state index is 0.0821. The van der Waals surface area contributed by atoms with E-state index in [1.54, 1.807) is 0 Å². The number of fused-ring (bicyclic) bond motifs is 1. The molecule has 114 valence electrons. The molecule has 1 fully saturated rings. The summed E-state index contributed by atoms with van der Waals surface area (Å²) in [4.78, 5) is 12.1. The van der Waals surface area contributed by atoms with E-state index in [0.717, 1.165) is 18.5 Å². The van der Waals surface area contributed by atoms with Crippen molar-refractivity contribution in [3.8, 4) is 0 Å². The van der Waals surface area contributed by atoms with Crippen molar-refractivity contribution in [2.75, 3.05) is 13.6 Å². The first kappa shape index (κ1) is 14.6. The van der Waals surface area contributed by atoms with Gasteiger partial charge in [0, 0.05) is 18.2 Å². The van der Waals surface area contributed by atoms with Crippen LogP contribution in [0.1, 0.15) is 60.6 Å². The maximum Gasteiger partial charge on any atom is 0.251 e. The molecule has 21 heavy (non-hydrogen) atoms. The predicted octanol–water partition coefficient (Wildman–Crippen LogP) is 3.06. The van der Waals surface area contributed by atoms with Crippen LogP contribution in [0, 0.1) is 11.3 Å². The van der Waals surface area contributed by atoms with Gasteiger partial charge < -0.3 is 10.6 Å². The highest BCUT2D eigenvalue weighted by atomic mass is 16.1. The molecule has 0 aromatic heterocycles. The lowest BCUT2D eigenvalue weighted by Crippen LogP contribution is -2.34. The molecule has 2 unspecified atom stereocenters. The predicted molar refractivity (Wildman–Crippen MR) is 85.4 cm³/mol. The van der Waals surface area contributed by atoms with Crippen LogP contribution in [0.25, 0.3) is 0 Å². The fraction of sp³-hybridized carbons (Fsp3) is 0.611. The second kappa shape index (κ2) is 5.45. The Morgan fingerprint density at radius 3 is 2.86 bits per heavy atom. The van der Waals surface area contributed by atoms with E-state index in [-0.39, 0.29) is 5.91 Å². The summed E-state index contributed by atoms with van der Waals surface area (Å²) in [6.45, 7) is 5.51. The highest BCUT2D eigenvalue weighted by Gasteiger charge is 2.39. The molecule has 1 aromatic rings. The minimum absolute atomic E-state index is 0.0821. The van der Waals surface area contributed by atoms with Gasteiger partial charge in [0.25, 0.3) is 5.91 Å². The maximum atomic E-state index is 12.1. The van der Waals surface area contributed by atoms with Crippen LogP contribution in [0.15, 0.2) is 18.2 Å². The molecule has 3 heteroatoms. The van der Waals surface area contributed by atoms with Crippen molar-refractivity contribution in [3.63, 3.8) is 0 Å². The van der Waals surface area contributed by atoms with Gasteiger partial charge in [-0.2, -0.15) is 0 Å². The fourth-order valence-corrected chi connectivity index (χ4v) is 4.19. The number of hydrogen-bond acceptors (Lipinski definition) is 2. The fourth-order valence-electron chi connectivity index (χ4n) is 4.19. The van der Waals surface area contributed by atoms with Crippen LogP contribution in [0.3, 0.4) is 0 Å². The van der Waals surface area contributed by atoms with Gasteiger partial charge in [-0.25, -0.2) is 0 Å². The lowest BCUT2D eigenvalue weighted by atomic mass is 9.75. The molecule has 2 aliphatic rings. The molecule has 1 aromatic carbocycles. The summed E-state index contributed by atoms with van der Waals surface area (Å²) >= 11 is 0. The van der Waals surface area contributed by atoms with Gasteiger partial charge in [-0.1, -0.05) is 32.4 Å². The average molecular weight is 286 g/mol. The lowest BCUT2D eigenvalue weighted by molar-refractivity contribution is 0.0945. The zero-order valence-electron chi connectivity index (χ0n) is 13.3. The molecule has 2 N–H and O–H groups in total. The standard InChI is InChI=1S/C18H26N2O/c1-18(2)9-4-5-15(18)16(19-3)13-7-6-12-8-10-20-17(21)14(12)11-13/h6-7,11,15-16,19H,4-5,8-10H2,1-3H3,(H,20,21). The van der Waals surface area contributed by atoms with Gasteiger partial charge in [0.15, 0.2) is 0 Å². The number of nitrogens with one attached hydrogen (secondary N) is 2. The zero-order valence-corrected chi connectivity index (χ0v) is 13.3. The van der Waals surface area contributed by atoms with Gasteiger partial charge in [-0.3, -0.25) is 4.79 Å². The van der Waals surface area contributed by atoms with Gasteiger partial charge in [0.2, 0.25) is 0 Å². The summed E-state index contributed by atoms with van der Waals surface area (Å²) in [6, 6.07) is 6.81. The SMILES string of the molecule is CNC(c1ccc2c(c1)C(=O)NCC2)C1CCCC1(C)C. The highest BCUT2D eigenvalue weighted by Crippen LogP contribution is 2.48. The molecule has 1 saturated carbocycles. The molecule has 3 rings (SSSR count). The second-order valence-electron chi connectivity index (χ2n) is 7.18. The third-order valence-corrected chi connectivity index (χ3v) is 5.47. The molecule has 0 saturated heterocycles. The molecular formula is C18H26N2O. The third kappa shape index (κ3) is 2.59. The quantitative estimate of drug-likeness (QED) is 0.896. The number of carbonyl (C=O) groups is 1. The Hall–Kier alpha value is -1.35. The summed E-state index contributed by atoms with van der Waals surface area (Å²) in [6.07, 6.45) is 4.81. The van der Waals surface area contributed by atoms with Gasteiger partial charge in [-0.05, 0) is 54.8 Å². The molecule has 3 nitrogen and oxygen atoms in total. The number of rotatable bonds is 3. The van der Waals surface area contributed by atoms with Crippen molar-refractivity contribution in [2.45, 2.75) is 45.6 Å². The van der Waals surface area contributed by atoms with Gasteiger partial charge in [-0.15, -0.1) is 0 Å². The Morgan fingerprint density at radius 1 is 1.38 bits per heavy atom. The molecule has 1 amide bonds. The summed E-state index contributed by atoms with van der Waals surface area (Å²) in [5.74, 6) is 0.714. The Labute approximate surface area is 127 Å². The van der Waals surface area contributed by atoms with E-state index >= 15 is 0 Å². The molecule has 0 bridgehead atoms. The average Bonchev–Trinajstić information content (AvgIpc) is 2.80. The first-order valence-corrected chi connectivity index (χ1v) is 8.11. The van der Waals surface area contributed by atoms with E-state index in [0.29, 0.717) is 17.4 Å². The summed E-state index contributed by atoms with van der Waals surface area (Å²) in [5.41, 5.74) is 3.68. The number of benzene rings is 1. The molecule has 0 radical (unpaired) electrons. The van der Waals surface area contributed by atoms with Crippen molar-refractivity contribution in [1.82, 2.24) is 10.6 Å². The second-order valence-corrected chi connectivity index (χ2v) is 7.18. The van der Waals surface area contributed by atoms with E-state index < -0.39 is 0 Å². The van der Waals surface area contributed by atoms with Crippen LogP contribution < -0.4 is 10.6 Å². The van der Waals surface area contributed by atoms with Crippen molar-refractivity contribution >= 4 is 5.91 Å².